The fraction of sp³-hybridized carbons (Fsp3) is 0.750. The van der Waals surface area contributed by atoms with Crippen molar-refractivity contribution < 1.29 is 14.5 Å². The van der Waals surface area contributed by atoms with E-state index in [9.17, 15) is 10.5 Å². The van der Waals surface area contributed by atoms with Crippen LogP contribution in [-0.2, 0) is 9.47 Å². The first-order valence-corrected chi connectivity index (χ1v) is 6.03. The molecule has 0 bridgehead atoms. The monoisotopic (exact) mass is 247 g/mol. The topological polar surface area (TPSA) is 106 Å². The quantitative estimate of drug-likeness (QED) is 0.592. The first kappa shape index (κ1) is 11.5. The molecule has 0 aromatic heterocycles. The lowest BCUT2D eigenvalue weighted by Crippen LogP contribution is -2.90. The first-order valence-electron chi connectivity index (χ1n) is 6.03. The number of nitrogens with zero attached hydrogens (tertiary/aromatic N) is 2. The van der Waals surface area contributed by atoms with Gasteiger partial charge in [0.2, 0.25) is 0 Å². The normalized spacial score (nSPS) is 47.2. The first-order chi connectivity index (χ1) is 8.52. The molecule has 0 radical (unpaired) electrons. The van der Waals surface area contributed by atoms with E-state index in [4.69, 9.17) is 15.2 Å². The molecular weight excluding hydrogens is 232 g/mol. The largest absolute Gasteiger partial charge is 0.343 e. The Kier molecular flexibility index (Phi) is 1.81. The van der Waals surface area contributed by atoms with Crippen molar-refractivity contribution in [2.45, 2.75) is 26.2 Å². The summed E-state index contributed by atoms with van der Waals surface area (Å²) in [6.07, 6.45) is 0.658. The van der Waals surface area contributed by atoms with E-state index in [1.807, 2.05) is 13.8 Å². The van der Waals surface area contributed by atoms with Gasteiger partial charge in [0, 0.05) is 5.41 Å². The molecule has 1 aliphatic carbocycles. The van der Waals surface area contributed by atoms with Gasteiger partial charge in [-0.3, -0.25) is 5.73 Å². The summed E-state index contributed by atoms with van der Waals surface area (Å²) in [7, 11) is 0. The molecule has 0 aromatic carbocycles. The summed E-state index contributed by atoms with van der Waals surface area (Å²) < 4.78 is 11.3. The Morgan fingerprint density at radius 3 is 2.33 bits per heavy atom. The Morgan fingerprint density at radius 2 is 1.94 bits per heavy atom. The van der Waals surface area contributed by atoms with Gasteiger partial charge in [-0.1, -0.05) is 13.8 Å². The van der Waals surface area contributed by atoms with Gasteiger partial charge in [0.25, 0.3) is 5.84 Å². The molecule has 3 atom stereocenters. The van der Waals surface area contributed by atoms with Crippen molar-refractivity contribution in [1.82, 2.24) is 0 Å². The molecule has 1 saturated heterocycles. The molecule has 94 valence electrons. The third-order valence-electron chi connectivity index (χ3n) is 5.09. The molecule has 2 fully saturated rings. The van der Waals surface area contributed by atoms with E-state index < -0.39 is 22.2 Å². The third-order valence-corrected chi connectivity index (χ3v) is 5.09. The number of hydrogen-bond donors (Lipinski definition) is 2. The predicted octanol–water partition coefficient (Wildman–Crippen LogP) is -1.41. The van der Waals surface area contributed by atoms with Crippen LogP contribution in [0.2, 0.25) is 0 Å². The Morgan fingerprint density at radius 1 is 1.33 bits per heavy atom. The van der Waals surface area contributed by atoms with Crippen LogP contribution in [0.1, 0.15) is 20.3 Å². The second kappa shape index (κ2) is 2.85. The zero-order valence-electron chi connectivity index (χ0n) is 10.4. The van der Waals surface area contributed by atoms with E-state index >= 15 is 0 Å². The third kappa shape index (κ3) is 0.682. The van der Waals surface area contributed by atoms with Gasteiger partial charge in [-0.15, -0.1) is 0 Å². The lowest BCUT2D eigenvalue weighted by Gasteiger charge is -2.26. The van der Waals surface area contributed by atoms with E-state index in [0.717, 1.165) is 0 Å². The summed E-state index contributed by atoms with van der Waals surface area (Å²) in [6.45, 7) is 4.64. The number of amidine groups is 1. The van der Waals surface area contributed by atoms with Gasteiger partial charge in [-0.25, -0.2) is 4.99 Å². The standard InChI is InChI=1S/C12H14N4O2/c1-3-9(2)10(6-13)8(15)16-12(11(9,10)7-14)17-4-5-18-12/h3-5H2,1-2H3,(H2,15,16)/p+1/t9-,10+,11-/m1/s1. The molecule has 1 spiro atoms. The predicted molar refractivity (Wildman–Crippen MR) is 59.3 cm³/mol. The van der Waals surface area contributed by atoms with Crippen molar-refractivity contribution in [3.05, 3.63) is 0 Å². The van der Waals surface area contributed by atoms with Crippen LogP contribution in [-0.4, -0.2) is 25.0 Å². The molecule has 2 heterocycles. The smallest absolute Gasteiger partial charge is 0.311 e. The maximum atomic E-state index is 9.70. The summed E-state index contributed by atoms with van der Waals surface area (Å²) in [5.41, 5.74) is 3.35. The summed E-state index contributed by atoms with van der Waals surface area (Å²) in [5.74, 6) is -0.968. The highest BCUT2D eigenvalue weighted by Crippen LogP contribution is 2.83. The van der Waals surface area contributed by atoms with Crippen molar-refractivity contribution in [1.29, 1.82) is 10.5 Å². The van der Waals surface area contributed by atoms with Crippen molar-refractivity contribution >= 4 is 5.84 Å². The molecule has 3 aliphatic rings. The Hall–Kier alpha value is -1.63. The average molecular weight is 247 g/mol. The summed E-state index contributed by atoms with van der Waals surface area (Å²) in [5, 5.41) is 19.3. The van der Waals surface area contributed by atoms with Crippen molar-refractivity contribution in [3.8, 4) is 12.1 Å². The molecule has 6 nitrogen and oxygen atoms in total. The Bertz CT molecular complexity index is 539. The number of nitriles is 2. The van der Waals surface area contributed by atoms with Crippen molar-refractivity contribution in [3.63, 3.8) is 0 Å². The van der Waals surface area contributed by atoms with Crippen molar-refractivity contribution in [2.75, 3.05) is 13.2 Å². The van der Waals surface area contributed by atoms with Crippen LogP contribution >= 0.6 is 0 Å². The molecule has 0 amide bonds. The van der Waals surface area contributed by atoms with Gasteiger partial charge in [0.05, 0.1) is 25.4 Å². The van der Waals surface area contributed by atoms with Crippen LogP contribution in [0.3, 0.4) is 0 Å². The van der Waals surface area contributed by atoms with Crippen molar-refractivity contribution in [2.24, 2.45) is 22.0 Å². The van der Waals surface area contributed by atoms with Crippen LogP contribution in [0.4, 0.5) is 0 Å². The second-order valence-electron chi connectivity index (χ2n) is 5.26. The Balaban J connectivity index is 2.28. The maximum absolute atomic E-state index is 9.70. The van der Waals surface area contributed by atoms with Crippen LogP contribution in [0.15, 0.2) is 0 Å². The lowest BCUT2D eigenvalue weighted by atomic mass is 9.89. The number of hydrogen-bond acceptors (Lipinski definition) is 5. The minimum absolute atomic E-state index is 0.290. The van der Waals surface area contributed by atoms with Gasteiger partial charge >= 0.3 is 5.91 Å². The van der Waals surface area contributed by atoms with Gasteiger partial charge in [-0.05, 0) is 6.42 Å². The highest BCUT2D eigenvalue weighted by Gasteiger charge is 3.02. The van der Waals surface area contributed by atoms with E-state index in [0.29, 0.717) is 19.6 Å². The van der Waals surface area contributed by atoms with Crippen LogP contribution in [0.25, 0.3) is 0 Å². The number of nitrogens with one attached hydrogen (secondary N) is 1. The number of ether oxygens (including phenoxy) is 2. The van der Waals surface area contributed by atoms with E-state index in [1.165, 1.54) is 0 Å². The molecule has 3 rings (SSSR count). The van der Waals surface area contributed by atoms with E-state index in [-0.39, 0.29) is 5.84 Å². The molecule has 2 aliphatic heterocycles. The minimum atomic E-state index is -1.26. The minimum Gasteiger partial charge on any atom is -0.311 e. The molecule has 6 heteroatoms. The molecule has 18 heavy (non-hydrogen) atoms. The van der Waals surface area contributed by atoms with E-state index in [1.54, 1.807) is 0 Å². The molecule has 0 aromatic rings. The fourth-order valence-electron chi connectivity index (χ4n) is 4.04. The second-order valence-corrected chi connectivity index (χ2v) is 5.26. The van der Waals surface area contributed by atoms with Gasteiger partial charge in [0.15, 0.2) is 10.8 Å². The maximum Gasteiger partial charge on any atom is 0.343 e. The highest BCUT2D eigenvalue weighted by atomic mass is 16.8. The highest BCUT2D eigenvalue weighted by molar-refractivity contribution is 5.94. The molecule has 0 unspecified atom stereocenters. The van der Waals surface area contributed by atoms with E-state index in [2.05, 4.69) is 17.1 Å². The molecule has 1 saturated carbocycles. The number of nitrogens with two attached hydrogens (primary N) is 1. The fourth-order valence-corrected chi connectivity index (χ4v) is 4.04. The number of rotatable bonds is 1. The zero-order valence-corrected chi connectivity index (χ0v) is 10.4. The van der Waals surface area contributed by atoms with Gasteiger partial charge in [-0.2, -0.15) is 10.5 Å². The van der Waals surface area contributed by atoms with Crippen LogP contribution in [0.5, 0.6) is 0 Å². The SMILES string of the molecule is CC[C@]1(C)[C@]2(C#N)C(N)=[NH+]C3(OCCO3)[C@]12C#N. The zero-order chi connectivity index (χ0) is 13.2. The Labute approximate surface area is 105 Å². The average Bonchev–Trinajstić information content (AvgIpc) is 2.69. The summed E-state index contributed by atoms with van der Waals surface area (Å²) in [6, 6.07) is 4.52. The summed E-state index contributed by atoms with van der Waals surface area (Å²) in [4.78, 5) is 2.91. The molecule has 3 N–H and O–H groups in total. The van der Waals surface area contributed by atoms with Crippen LogP contribution in [0, 0.1) is 38.9 Å². The molecular formula is C12H15N4O2+. The van der Waals surface area contributed by atoms with Gasteiger partial charge < -0.3 is 9.47 Å². The lowest BCUT2D eigenvalue weighted by molar-refractivity contribution is -0.678. The summed E-state index contributed by atoms with van der Waals surface area (Å²) >= 11 is 0. The number of fused-ring (bicyclic) bond motifs is 2. The van der Waals surface area contributed by atoms with Crippen LogP contribution < -0.4 is 10.7 Å². The van der Waals surface area contributed by atoms with Gasteiger partial charge in [0.1, 0.15) is 0 Å².